The van der Waals surface area contributed by atoms with Gasteiger partial charge in [-0.3, -0.25) is 4.79 Å². The average molecular weight is 756 g/mol. The first-order valence-electron chi connectivity index (χ1n) is 15.2. The van der Waals surface area contributed by atoms with E-state index in [1.165, 1.54) is 18.2 Å². The first kappa shape index (κ1) is 40.3. The summed E-state index contributed by atoms with van der Waals surface area (Å²) in [7, 11) is 0. The van der Waals surface area contributed by atoms with Crippen molar-refractivity contribution in [1.29, 1.82) is 0 Å². The summed E-state index contributed by atoms with van der Waals surface area (Å²) in [5, 5.41) is 104. The van der Waals surface area contributed by atoms with Crippen molar-refractivity contribution in [2.24, 2.45) is 5.92 Å². The Morgan fingerprint density at radius 1 is 0.585 bits per heavy atom. The molecule has 0 aliphatic heterocycles. The molecule has 0 saturated carbocycles. The molecule has 0 heterocycles. The number of phenolic OH excluding ortho intramolecular Hbond substituents is 8. The Balaban J connectivity index is 0.00000627. The Labute approximate surface area is 341 Å². The SMILES string of the molecule is O=C(O[C@H](Cc1ccc(O)c(O)c1)C(=O)[O-])C1=Cc2cc(O)c(O)cc2[C@H](c2ccc(O)c(O)c2)[C@H]1C(=O)O[C@H](Cc1ccc(O)c(O)c1)C(=O)[O-].[K+]. The molecule has 4 atom stereocenters. The molecule has 4 aromatic carbocycles. The van der Waals surface area contributed by atoms with Crippen molar-refractivity contribution in [3.63, 3.8) is 0 Å². The summed E-state index contributed by atoms with van der Waals surface area (Å²) < 4.78 is 10.6. The zero-order chi connectivity index (χ0) is 38.0. The molecule has 270 valence electrons. The van der Waals surface area contributed by atoms with E-state index in [4.69, 9.17) is 9.47 Å². The van der Waals surface area contributed by atoms with Crippen LogP contribution in [0.1, 0.15) is 33.7 Å². The number of hydrogen-bond acceptors (Lipinski definition) is 16. The monoisotopic (exact) mass is 755 g/mol. The number of esters is 2. The van der Waals surface area contributed by atoms with E-state index >= 15 is 0 Å². The number of fused-ring (bicyclic) bond motifs is 1. The van der Waals surface area contributed by atoms with Crippen molar-refractivity contribution in [2.75, 3.05) is 0 Å². The van der Waals surface area contributed by atoms with Crippen LogP contribution in [0.25, 0.3) is 6.08 Å². The number of aliphatic carboxylic acids is 2. The summed E-state index contributed by atoms with van der Waals surface area (Å²) in [6.45, 7) is 0. The van der Waals surface area contributed by atoms with Gasteiger partial charge in [-0.1, -0.05) is 18.2 Å². The third-order valence-corrected chi connectivity index (χ3v) is 8.30. The number of rotatable bonds is 11. The van der Waals surface area contributed by atoms with Gasteiger partial charge in [0.05, 0.1) is 23.4 Å². The summed E-state index contributed by atoms with van der Waals surface area (Å²) in [6, 6.07) is 11.8. The third kappa shape index (κ3) is 8.95. The predicted molar refractivity (Wildman–Crippen MR) is 170 cm³/mol. The summed E-state index contributed by atoms with van der Waals surface area (Å²) >= 11 is 0. The molecule has 53 heavy (non-hydrogen) atoms. The number of hydrogen-bond donors (Lipinski definition) is 8. The van der Waals surface area contributed by atoms with Gasteiger partial charge in [-0.2, -0.15) is 0 Å². The number of carbonyl (C=O) groups is 4. The normalized spacial score (nSPS) is 15.8. The van der Waals surface area contributed by atoms with Crippen molar-refractivity contribution in [3.05, 3.63) is 100 Å². The number of ether oxygens (including phenoxy) is 2. The minimum Gasteiger partial charge on any atom is -0.546 e. The average Bonchev–Trinajstić information content (AvgIpc) is 3.08. The van der Waals surface area contributed by atoms with Crippen molar-refractivity contribution in [3.8, 4) is 46.0 Å². The van der Waals surface area contributed by atoms with Crippen LogP contribution in [0, 0.1) is 5.92 Å². The van der Waals surface area contributed by atoms with Crippen LogP contribution in [-0.4, -0.2) is 76.9 Å². The molecule has 0 bridgehead atoms. The summed E-state index contributed by atoms with van der Waals surface area (Å²) in [5.74, 6) is -15.1. The zero-order valence-electron chi connectivity index (χ0n) is 27.5. The Kier molecular flexibility index (Phi) is 12.5. The first-order chi connectivity index (χ1) is 24.5. The van der Waals surface area contributed by atoms with Gasteiger partial charge in [-0.25, -0.2) is 4.79 Å². The first-order valence-corrected chi connectivity index (χ1v) is 15.2. The van der Waals surface area contributed by atoms with Crippen LogP contribution in [0.4, 0.5) is 0 Å². The molecule has 0 aromatic heterocycles. The van der Waals surface area contributed by atoms with Crippen molar-refractivity contribution in [1.82, 2.24) is 0 Å². The van der Waals surface area contributed by atoms with Gasteiger partial charge >= 0.3 is 63.3 Å². The number of carboxylic acids is 2. The molecule has 8 N–H and O–H groups in total. The number of phenols is 8. The molecule has 4 aromatic rings. The largest absolute Gasteiger partial charge is 1.00 e. The molecule has 0 radical (unpaired) electrons. The third-order valence-electron chi connectivity index (χ3n) is 8.30. The second-order valence-electron chi connectivity index (χ2n) is 11.8. The van der Waals surface area contributed by atoms with E-state index in [9.17, 15) is 70.2 Å². The van der Waals surface area contributed by atoms with Gasteiger partial charge in [-0.15, -0.1) is 0 Å². The maximum Gasteiger partial charge on any atom is 1.00 e. The molecule has 17 heteroatoms. The quantitative estimate of drug-likeness (QED) is 0.0439. The maximum absolute atomic E-state index is 14.2. The number of benzene rings is 4. The van der Waals surface area contributed by atoms with Crippen molar-refractivity contribution < 1.29 is 131 Å². The number of aromatic hydroxyl groups is 8. The van der Waals surface area contributed by atoms with Gasteiger partial charge in [-0.05, 0) is 82.4 Å². The van der Waals surface area contributed by atoms with Gasteiger partial charge in [0.1, 0.15) is 12.2 Å². The Hall–Kier alpha value is -5.46. The predicted octanol–water partition coefficient (Wildman–Crippen LogP) is -2.71. The van der Waals surface area contributed by atoms with Gasteiger partial charge < -0.3 is 70.1 Å². The fraction of sp³-hybridized carbons (Fsp3) is 0.167. The van der Waals surface area contributed by atoms with Crippen molar-refractivity contribution >= 4 is 30.0 Å². The van der Waals surface area contributed by atoms with E-state index in [0.29, 0.717) is 0 Å². The van der Waals surface area contributed by atoms with E-state index in [0.717, 1.165) is 54.6 Å². The smallest absolute Gasteiger partial charge is 0.546 e. The number of carbonyl (C=O) groups excluding carboxylic acids is 4. The second-order valence-corrected chi connectivity index (χ2v) is 11.8. The molecular formula is C36H28KO16-. The van der Waals surface area contributed by atoms with Gasteiger partial charge in [0.2, 0.25) is 0 Å². The Morgan fingerprint density at radius 2 is 1.04 bits per heavy atom. The van der Waals surface area contributed by atoms with E-state index < -0.39 is 112 Å². The number of carboxylic acid groups (broad SMARTS) is 2. The molecular weight excluding hydrogens is 727 g/mol. The molecule has 1 aliphatic rings. The summed E-state index contributed by atoms with van der Waals surface area (Å²) in [4.78, 5) is 52.4. The Morgan fingerprint density at radius 3 is 1.53 bits per heavy atom. The van der Waals surface area contributed by atoms with Crippen LogP contribution < -0.4 is 61.6 Å². The zero-order valence-corrected chi connectivity index (χ0v) is 30.6. The molecule has 1 aliphatic carbocycles. The minimum absolute atomic E-state index is 0. The maximum atomic E-state index is 14.2. The molecule has 0 amide bonds. The summed E-state index contributed by atoms with van der Waals surface area (Å²) in [5.41, 5.74) is -0.535. The topological polar surface area (TPSA) is 295 Å². The van der Waals surface area contributed by atoms with E-state index in [2.05, 4.69) is 0 Å². The molecule has 0 unspecified atom stereocenters. The minimum atomic E-state index is -2.09. The summed E-state index contributed by atoms with van der Waals surface area (Å²) in [6.07, 6.45) is -4.37. The molecule has 0 spiro atoms. The van der Waals surface area contributed by atoms with E-state index in [1.54, 1.807) is 0 Å². The van der Waals surface area contributed by atoms with Crippen LogP contribution in [0.15, 0.2) is 72.3 Å². The van der Waals surface area contributed by atoms with Gasteiger partial charge in [0, 0.05) is 18.8 Å². The molecule has 16 nitrogen and oxygen atoms in total. The van der Waals surface area contributed by atoms with Crippen LogP contribution in [0.3, 0.4) is 0 Å². The van der Waals surface area contributed by atoms with Crippen LogP contribution in [0.2, 0.25) is 0 Å². The van der Waals surface area contributed by atoms with E-state index in [-0.39, 0.29) is 79.2 Å². The fourth-order valence-corrected chi connectivity index (χ4v) is 5.75. The molecule has 5 rings (SSSR count). The second kappa shape index (κ2) is 16.5. The van der Waals surface area contributed by atoms with Crippen molar-refractivity contribution in [2.45, 2.75) is 31.0 Å². The van der Waals surface area contributed by atoms with E-state index in [1.807, 2.05) is 0 Å². The molecule has 0 fully saturated rings. The Bertz CT molecular complexity index is 2130. The van der Waals surface area contributed by atoms with Gasteiger partial charge in [0.15, 0.2) is 46.0 Å². The van der Waals surface area contributed by atoms with Gasteiger partial charge in [0.25, 0.3) is 0 Å². The van der Waals surface area contributed by atoms with Crippen LogP contribution in [0.5, 0.6) is 46.0 Å². The molecule has 0 saturated heterocycles. The fourth-order valence-electron chi connectivity index (χ4n) is 5.75. The van der Waals surface area contributed by atoms with Crippen LogP contribution >= 0.6 is 0 Å². The standard InChI is InChI=1S/C36H30O16.K/c37-21-4-1-15(7-24(21)40)9-29(33(45)46)51-35(49)20-11-18-13-27(43)28(44)14-19(18)31(17-3-6-23(39)26(42)12-17)32(20)36(50)52-30(34(47)48)10-16-2-5-22(38)25(41)8-16;/h1-8,11-14,29-32,37-44H,9-10H2,(H,45,46)(H,47,48);/q;+1/p-2/t29-,30-,31+,32+;/m1./s1. The van der Waals surface area contributed by atoms with Crippen LogP contribution in [-0.2, 0) is 41.5 Å².